The summed E-state index contributed by atoms with van der Waals surface area (Å²) in [5.74, 6) is -0.465. The van der Waals surface area contributed by atoms with Crippen molar-refractivity contribution in [3.8, 4) is 0 Å². The van der Waals surface area contributed by atoms with E-state index in [1.54, 1.807) is 13.0 Å². The highest BCUT2D eigenvalue weighted by Crippen LogP contribution is 2.32. The lowest BCUT2D eigenvalue weighted by Gasteiger charge is -2.17. The monoisotopic (exact) mass is 283 g/mol. The molecule has 0 amide bonds. The molecule has 0 aliphatic rings. The van der Waals surface area contributed by atoms with E-state index >= 15 is 0 Å². The number of nitrogens with two attached hydrogens (primary N) is 1. The van der Waals surface area contributed by atoms with Gasteiger partial charge in [0.05, 0.1) is 11.6 Å². The standard InChI is InChI=1S/C15H13F4N/c1-9-5-6-12(16)8-13(9)14(20)10-3-2-4-11(7-10)15(17,18)19/h2-8,14H,20H2,1H3. The summed E-state index contributed by atoms with van der Waals surface area (Å²) in [5, 5.41) is 0. The largest absolute Gasteiger partial charge is 0.416 e. The molecular formula is C15H13F4N. The highest BCUT2D eigenvalue weighted by molar-refractivity contribution is 5.38. The van der Waals surface area contributed by atoms with Crippen LogP contribution in [0.1, 0.15) is 28.3 Å². The van der Waals surface area contributed by atoms with Gasteiger partial charge in [-0.15, -0.1) is 0 Å². The van der Waals surface area contributed by atoms with Gasteiger partial charge in [0, 0.05) is 0 Å². The van der Waals surface area contributed by atoms with E-state index in [2.05, 4.69) is 0 Å². The lowest BCUT2D eigenvalue weighted by atomic mass is 9.94. The third-order valence-corrected chi connectivity index (χ3v) is 3.15. The van der Waals surface area contributed by atoms with Crippen molar-refractivity contribution in [2.24, 2.45) is 5.73 Å². The molecule has 1 atom stereocenters. The van der Waals surface area contributed by atoms with Crippen molar-refractivity contribution in [3.05, 3.63) is 70.5 Å². The quantitative estimate of drug-likeness (QED) is 0.821. The van der Waals surface area contributed by atoms with E-state index in [1.807, 2.05) is 0 Å². The van der Waals surface area contributed by atoms with Gasteiger partial charge in [0.15, 0.2) is 0 Å². The van der Waals surface area contributed by atoms with Crippen LogP contribution in [0.3, 0.4) is 0 Å². The smallest absolute Gasteiger partial charge is 0.320 e. The molecule has 0 aliphatic heterocycles. The zero-order chi connectivity index (χ0) is 14.9. The van der Waals surface area contributed by atoms with Gasteiger partial charge in [-0.05, 0) is 47.9 Å². The maximum Gasteiger partial charge on any atom is 0.416 e. The van der Waals surface area contributed by atoms with Gasteiger partial charge in [0.1, 0.15) is 5.82 Å². The van der Waals surface area contributed by atoms with Crippen LogP contribution < -0.4 is 5.73 Å². The fourth-order valence-electron chi connectivity index (χ4n) is 2.03. The fourth-order valence-corrected chi connectivity index (χ4v) is 2.03. The maximum absolute atomic E-state index is 13.3. The molecule has 0 bridgehead atoms. The van der Waals surface area contributed by atoms with Crippen molar-refractivity contribution in [1.29, 1.82) is 0 Å². The second-order valence-electron chi connectivity index (χ2n) is 4.60. The Morgan fingerprint density at radius 3 is 2.40 bits per heavy atom. The van der Waals surface area contributed by atoms with Crippen LogP contribution in [0.25, 0.3) is 0 Å². The van der Waals surface area contributed by atoms with Crippen LogP contribution in [-0.4, -0.2) is 0 Å². The summed E-state index contributed by atoms with van der Waals surface area (Å²) in [6, 6.07) is 8.07. The van der Waals surface area contributed by atoms with E-state index in [0.29, 0.717) is 11.1 Å². The van der Waals surface area contributed by atoms with Crippen molar-refractivity contribution in [2.75, 3.05) is 0 Å². The molecule has 2 aromatic carbocycles. The van der Waals surface area contributed by atoms with Crippen LogP contribution in [0, 0.1) is 12.7 Å². The summed E-state index contributed by atoms with van der Waals surface area (Å²) in [7, 11) is 0. The number of hydrogen-bond acceptors (Lipinski definition) is 1. The SMILES string of the molecule is Cc1ccc(F)cc1C(N)c1cccc(C(F)(F)F)c1. The Morgan fingerprint density at radius 1 is 1.05 bits per heavy atom. The summed E-state index contributed by atoms with van der Waals surface area (Å²) in [6.45, 7) is 1.74. The van der Waals surface area contributed by atoms with Crippen LogP contribution in [-0.2, 0) is 6.18 Å². The van der Waals surface area contributed by atoms with Crippen LogP contribution in [0.4, 0.5) is 17.6 Å². The van der Waals surface area contributed by atoms with E-state index in [4.69, 9.17) is 5.73 Å². The fraction of sp³-hybridized carbons (Fsp3) is 0.200. The zero-order valence-electron chi connectivity index (χ0n) is 10.7. The number of benzene rings is 2. The van der Waals surface area contributed by atoms with Crippen molar-refractivity contribution in [2.45, 2.75) is 19.1 Å². The zero-order valence-corrected chi connectivity index (χ0v) is 10.7. The molecule has 1 unspecified atom stereocenters. The van der Waals surface area contributed by atoms with Crippen molar-refractivity contribution in [3.63, 3.8) is 0 Å². The summed E-state index contributed by atoms with van der Waals surface area (Å²) < 4.78 is 51.3. The number of halogens is 4. The summed E-state index contributed by atoms with van der Waals surface area (Å²) in [5.41, 5.74) is 6.71. The van der Waals surface area contributed by atoms with E-state index < -0.39 is 23.6 Å². The molecule has 0 saturated carbocycles. The van der Waals surface area contributed by atoms with Crippen LogP contribution in [0.5, 0.6) is 0 Å². The highest BCUT2D eigenvalue weighted by atomic mass is 19.4. The van der Waals surface area contributed by atoms with E-state index in [9.17, 15) is 17.6 Å². The van der Waals surface area contributed by atoms with Gasteiger partial charge in [0.25, 0.3) is 0 Å². The molecular weight excluding hydrogens is 270 g/mol. The van der Waals surface area contributed by atoms with E-state index in [0.717, 1.165) is 17.7 Å². The molecule has 0 fully saturated rings. The number of alkyl halides is 3. The number of rotatable bonds is 2. The highest BCUT2D eigenvalue weighted by Gasteiger charge is 2.30. The van der Waals surface area contributed by atoms with Crippen molar-refractivity contribution in [1.82, 2.24) is 0 Å². The van der Waals surface area contributed by atoms with Gasteiger partial charge in [-0.1, -0.05) is 18.2 Å². The predicted octanol–water partition coefficient (Wildman–Crippen LogP) is 4.20. The Kier molecular flexibility index (Phi) is 3.81. The van der Waals surface area contributed by atoms with Gasteiger partial charge in [-0.2, -0.15) is 13.2 Å². The van der Waals surface area contributed by atoms with Gasteiger partial charge in [-0.25, -0.2) is 4.39 Å². The molecule has 0 aliphatic carbocycles. The minimum atomic E-state index is -4.42. The molecule has 0 saturated heterocycles. The van der Waals surface area contributed by atoms with Crippen molar-refractivity contribution >= 4 is 0 Å². The van der Waals surface area contributed by atoms with Crippen LogP contribution in [0.15, 0.2) is 42.5 Å². The Bertz CT molecular complexity index is 620. The normalized spacial score (nSPS) is 13.3. The summed E-state index contributed by atoms with van der Waals surface area (Å²) >= 11 is 0. The molecule has 20 heavy (non-hydrogen) atoms. The van der Waals surface area contributed by atoms with Gasteiger partial charge in [0.2, 0.25) is 0 Å². The molecule has 2 N–H and O–H groups in total. The van der Waals surface area contributed by atoms with E-state index in [-0.39, 0.29) is 0 Å². The lowest BCUT2D eigenvalue weighted by Crippen LogP contribution is -2.15. The molecule has 1 nitrogen and oxygen atoms in total. The summed E-state index contributed by atoms with van der Waals surface area (Å²) in [6.07, 6.45) is -4.42. The maximum atomic E-state index is 13.3. The predicted molar refractivity (Wildman–Crippen MR) is 68.6 cm³/mol. The Hall–Kier alpha value is -1.88. The second-order valence-corrected chi connectivity index (χ2v) is 4.60. The van der Waals surface area contributed by atoms with E-state index in [1.165, 1.54) is 24.3 Å². The Balaban J connectivity index is 2.43. The summed E-state index contributed by atoms with van der Waals surface area (Å²) in [4.78, 5) is 0. The van der Waals surface area contributed by atoms with Crippen LogP contribution in [0.2, 0.25) is 0 Å². The third-order valence-electron chi connectivity index (χ3n) is 3.15. The third kappa shape index (κ3) is 2.99. The first-order valence-electron chi connectivity index (χ1n) is 5.98. The van der Waals surface area contributed by atoms with Crippen LogP contribution >= 0.6 is 0 Å². The Morgan fingerprint density at radius 2 is 1.75 bits per heavy atom. The van der Waals surface area contributed by atoms with Gasteiger partial charge in [-0.3, -0.25) is 0 Å². The number of aryl methyl sites for hydroxylation is 1. The lowest BCUT2D eigenvalue weighted by molar-refractivity contribution is -0.137. The topological polar surface area (TPSA) is 26.0 Å². The molecule has 106 valence electrons. The average Bonchev–Trinajstić information content (AvgIpc) is 2.40. The second kappa shape index (κ2) is 5.25. The first kappa shape index (κ1) is 14.5. The van der Waals surface area contributed by atoms with Gasteiger partial charge >= 0.3 is 6.18 Å². The first-order valence-corrected chi connectivity index (χ1v) is 5.98. The van der Waals surface area contributed by atoms with Gasteiger partial charge < -0.3 is 5.73 Å². The minimum absolute atomic E-state index is 0.300. The molecule has 5 heteroatoms. The van der Waals surface area contributed by atoms with Crippen molar-refractivity contribution < 1.29 is 17.6 Å². The molecule has 0 aromatic heterocycles. The first-order chi connectivity index (χ1) is 9.29. The molecule has 2 rings (SSSR count). The number of hydrogen-bond donors (Lipinski definition) is 1. The molecule has 0 radical (unpaired) electrons. The molecule has 2 aromatic rings. The average molecular weight is 283 g/mol. The molecule has 0 spiro atoms. The Labute approximate surface area is 114 Å². The minimum Gasteiger partial charge on any atom is -0.320 e. The molecule has 0 heterocycles.